The Balaban J connectivity index is 2.55. The molecule has 2 nitrogen and oxygen atoms in total. The zero-order valence-electron chi connectivity index (χ0n) is 6.20. The molecule has 1 aromatic heterocycles. The van der Waals surface area contributed by atoms with Crippen molar-refractivity contribution < 1.29 is 4.52 Å². The molecule has 0 spiro atoms. The lowest BCUT2D eigenvalue weighted by molar-refractivity contribution is 0.432. The van der Waals surface area contributed by atoms with Gasteiger partial charge in [-0.2, -0.15) is 0 Å². The Morgan fingerprint density at radius 1 is 1.17 bits per heavy atom. The number of rotatable bonds is 1. The summed E-state index contributed by atoms with van der Waals surface area (Å²) in [6.45, 7) is 0. The average Bonchev–Trinajstić information content (AvgIpc) is 2.57. The first kappa shape index (κ1) is 7.55. The minimum atomic E-state index is 0.780. The summed E-state index contributed by atoms with van der Waals surface area (Å²) in [5.41, 5.74) is 1.02. The molecule has 12 heavy (non-hydrogen) atoms. The maximum atomic E-state index is 5.02. The first-order valence-electron chi connectivity index (χ1n) is 3.53. The van der Waals surface area contributed by atoms with E-state index in [4.69, 9.17) is 4.52 Å². The molecule has 0 bridgehead atoms. The molecular formula is C9H6BrNO. The third kappa shape index (κ3) is 1.28. The van der Waals surface area contributed by atoms with Crippen LogP contribution in [0.4, 0.5) is 0 Å². The Bertz CT molecular complexity index is 370. The largest absolute Gasteiger partial charge is 0.356 e. The van der Waals surface area contributed by atoms with Gasteiger partial charge in [-0.3, -0.25) is 0 Å². The molecule has 0 saturated heterocycles. The molecule has 2 aromatic rings. The van der Waals surface area contributed by atoms with Gasteiger partial charge in [-0.25, -0.2) is 0 Å². The number of hydrogen-bond donors (Lipinski definition) is 0. The van der Waals surface area contributed by atoms with Crippen LogP contribution in [0.1, 0.15) is 0 Å². The summed E-state index contributed by atoms with van der Waals surface area (Å²) in [5, 5.41) is 3.64. The van der Waals surface area contributed by atoms with Gasteiger partial charge < -0.3 is 4.52 Å². The van der Waals surface area contributed by atoms with Gasteiger partial charge in [0.25, 0.3) is 0 Å². The Hall–Kier alpha value is -1.09. The molecule has 0 aliphatic heterocycles. The van der Waals surface area contributed by atoms with E-state index in [0.29, 0.717) is 0 Å². The van der Waals surface area contributed by atoms with E-state index >= 15 is 0 Å². The lowest BCUT2D eigenvalue weighted by Gasteiger charge is -1.96. The summed E-state index contributed by atoms with van der Waals surface area (Å²) in [4.78, 5) is 0. The fourth-order valence-corrected chi connectivity index (χ4v) is 1.50. The molecule has 0 fully saturated rings. The van der Waals surface area contributed by atoms with Crippen molar-refractivity contribution in [1.29, 1.82) is 0 Å². The second-order valence-corrected chi connectivity index (χ2v) is 3.21. The van der Waals surface area contributed by atoms with Gasteiger partial charge in [0, 0.05) is 16.1 Å². The van der Waals surface area contributed by atoms with Crippen LogP contribution in [0.2, 0.25) is 0 Å². The van der Waals surface area contributed by atoms with E-state index in [2.05, 4.69) is 21.1 Å². The van der Waals surface area contributed by atoms with Crippen LogP contribution in [0.25, 0.3) is 11.3 Å². The first-order valence-corrected chi connectivity index (χ1v) is 4.33. The Morgan fingerprint density at radius 2 is 2.00 bits per heavy atom. The van der Waals surface area contributed by atoms with Crippen LogP contribution in [0.3, 0.4) is 0 Å². The lowest BCUT2D eigenvalue weighted by atomic mass is 10.2. The maximum absolute atomic E-state index is 5.02. The van der Waals surface area contributed by atoms with E-state index in [1.54, 1.807) is 6.20 Å². The van der Waals surface area contributed by atoms with E-state index in [0.717, 1.165) is 15.8 Å². The van der Waals surface area contributed by atoms with Gasteiger partial charge in [-0.1, -0.05) is 33.2 Å². The van der Waals surface area contributed by atoms with Crippen molar-refractivity contribution >= 4 is 15.9 Å². The van der Waals surface area contributed by atoms with Crippen molar-refractivity contribution in [2.24, 2.45) is 0 Å². The highest BCUT2D eigenvalue weighted by Gasteiger charge is 2.04. The van der Waals surface area contributed by atoms with Crippen molar-refractivity contribution in [3.63, 3.8) is 0 Å². The summed E-state index contributed by atoms with van der Waals surface area (Å²) in [6.07, 6.45) is 1.63. The molecule has 3 heteroatoms. The summed E-state index contributed by atoms with van der Waals surface area (Å²) in [5.74, 6) is 0.780. The van der Waals surface area contributed by atoms with Crippen LogP contribution in [0.15, 0.2) is 45.5 Å². The molecule has 0 aliphatic carbocycles. The third-order valence-corrected chi connectivity index (χ3v) is 2.27. The number of aromatic nitrogens is 1. The van der Waals surface area contributed by atoms with Gasteiger partial charge in [0.1, 0.15) is 0 Å². The van der Waals surface area contributed by atoms with Crippen molar-refractivity contribution in [1.82, 2.24) is 5.16 Å². The first-order chi connectivity index (χ1) is 5.88. The fourth-order valence-electron chi connectivity index (χ4n) is 1.02. The Morgan fingerprint density at radius 3 is 2.67 bits per heavy atom. The second kappa shape index (κ2) is 3.11. The molecular weight excluding hydrogens is 218 g/mol. The van der Waals surface area contributed by atoms with Crippen LogP contribution in [-0.4, -0.2) is 5.16 Å². The molecule has 0 unspecified atom stereocenters. The number of hydrogen-bond acceptors (Lipinski definition) is 2. The molecule has 2 rings (SSSR count). The molecule has 0 saturated carbocycles. The van der Waals surface area contributed by atoms with Crippen LogP contribution in [-0.2, 0) is 0 Å². The smallest absolute Gasteiger partial charge is 0.167 e. The van der Waals surface area contributed by atoms with Gasteiger partial charge in [0.2, 0.25) is 0 Å². The van der Waals surface area contributed by atoms with Crippen LogP contribution >= 0.6 is 15.9 Å². The van der Waals surface area contributed by atoms with E-state index in [1.807, 2.05) is 30.3 Å². The Labute approximate surface area is 78.3 Å². The molecule has 0 aliphatic rings. The maximum Gasteiger partial charge on any atom is 0.167 e. The number of nitrogens with zero attached hydrogens (tertiary/aromatic N) is 1. The standard InChI is InChI=1S/C9H6BrNO/c10-8-4-2-1-3-7(8)9-5-6-11-12-9/h1-6H. The van der Waals surface area contributed by atoms with Gasteiger partial charge >= 0.3 is 0 Å². The highest BCUT2D eigenvalue weighted by atomic mass is 79.9. The van der Waals surface area contributed by atoms with Crippen LogP contribution in [0, 0.1) is 0 Å². The molecule has 0 radical (unpaired) electrons. The Kier molecular flexibility index (Phi) is 1.96. The van der Waals surface area contributed by atoms with E-state index in [1.165, 1.54) is 0 Å². The van der Waals surface area contributed by atoms with Crippen molar-refractivity contribution in [3.8, 4) is 11.3 Å². The summed E-state index contributed by atoms with van der Waals surface area (Å²) in [6, 6.07) is 9.70. The second-order valence-electron chi connectivity index (χ2n) is 2.36. The van der Waals surface area contributed by atoms with Crippen molar-refractivity contribution in [2.75, 3.05) is 0 Å². The quantitative estimate of drug-likeness (QED) is 0.743. The normalized spacial score (nSPS) is 10.1. The van der Waals surface area contributed by atoms with Gasteiger partial charge in [0.15, 0.2) is 5.76 Å². The molecule has 1 heterocycles. The highest BCUT2D eigenvalue weighted by molar-refractivity contribution is 9.10. The number of halogens is 1. The van der Waals surface area contributed by atoms with Crippen molar-refractivity contribution in [2.45, 2.75) is 0 Å². The monoisotopic (exact) mass is 223 g/mol. The van der Waals surface area contributed by atoms with Gasteiger partial charge in [-0.05, 0) is 12.1 Å². The molecule has 0 amide bonds. The summed E-state index contributed by atoms with van der Waals surface area (Å²) < 4.78 is 6.04. The molecule has 0 N–H and O–H groups in total. The molecule has 0 atom stereocenters. The summed E-state index contributed by atoms with van der Waals surface area (Å²) in [7, 11) is 0. The predicted molar refractivity (Wildman–Crippen MR) is 49.6 cm³/mol. The van der Waals surface area contributed by atoms with Gasteiger partial charge in [-0.15, -0.1) is 0 Å². The van der Waals surface area contributed by atoms with Crippen LogP contribution in [0.5, 0.6) is 0 Å². The topological polar surface area (TPSA) is 26.0 Å². The van der Waals surface area contributed by atoms with E-state index in [9.17, 15) is 0 Å². The molecule has 60 valence electrons. The average molecular weight is 224 g/mol. The van der Waals surface area contributed by atoms with Gasteiger partial charge in [0.05, 0.1) is 6.20 Å². The molecule has 1 aromatic carbocycles. The van der Waals surface area contributed by atoms with Crippen LogP contribution < -0.4 is 0 Å². The lowest BCUT2D eigenvalue weighted by Crippen LogP contribution is -1.74. The number of benzene rings is 1. The minimum Gasteiger partial charge on any atom is -0.356 e. The van der Waals surface area contributed by atoms with E-state index < -0.39 is 0 Å². The van der Waals surface area contributed by atoms with E-state index in [-0.39, 0.29) is 0 Å². The SMILES string of the molecule is Brc1ccccc1-c1ccno1. The predicted octanol–water partition coefficient (Wildman–Crippen LogP) is 3.10. The highest BCUT2D eigenvalue weighted by Crippen LogP contribution is 2.26. The summed E-state index contributed by atoms with van der Waals surface area (Å²) >= 11 is 3.43. The minimum absolute atomic E-state index is 0.780. The zero-order valence-corrected chi connectivity index (χ0v) is 7.78. The fraction of sp³-hybridized carbons (Fsp3) is 0. The third-order valence-electron chi connectivity index (χ3n) is 1.58. The zero-order chi connectivity index (χ0) is 8.39. The van der Waals surface area contributed by atoms with Crippen molar-refractivity contribution in [3.05, 3.63) is 41.0 Å².